The minimum atomic E-state index is -0.346. The molecule has 2 fully saturated rings. The number of fused-ring (bicyclic) bond motifs is 2. The summed E-state index contributed by atoms with van der Waals surface area (Å²) in [7, 11) is 0. The number of halogens is 2. The molecular weight excluding hydrogens is 561 g/mol. The molecule has 2 saturated heterocycles. The topological polar surface area (TPSA) is 107 Å². The first-order valence-corrected chi connectivity index (χ1v) is 15.1. The molecule has 9 nitrogen and oxygen atoms in total. The van der Waals surface area contributed by atoms with Gasteiger partial charge in [-0.2, -0.15) is 0 Å². The number of aromatic nitrogens is 4. The van der Waals surface area contributed by atoms with Gasteiger partial charge in [0.05, 0.1) is 33.2 Å². The predicted octanol–water partition coefficient (Wildman–Crippen LogP) is 6.38. The van der Waals surface area contributed by atoms with E-state index in [4.69, 9.17) is 28.2 Å². The lowest BCUT2D eigenvalue weighted by atomic mass is 10.1. The van der Waals surface area contributed by atoms with E-state index in [-0.39, 0.29) is 17.9 Å². The Bertz CT molecular complexity index is 1580. The van der Waals surface area contributed by atoms with Gasteiger partial charge in [0.1, 0.15) is 18.0 Å². The third-order valence-corrected chi connectivity index (χ3v) is 8.60. The van der Waals surface area contributed by atoms with Crippen LogP contribution in [0.4, 0.5) is 5.82 Å². The number of likely N-dealkylation sites (tertiary alicyclic amines) is 2. The number of aromatic amines is 1. The summed E-state index contributed by atoms with van der Waals surface area (Å²) < 4.78 is 0. The van der Waals surface area contributed by atoms with Crippen LogP contribution in [0.25, 0.3) is 21.9 Å². The number of anilines is 1. The van der Waals surface area contributed by atoms with Crippen molar-refractivity contribution in [2.45, 2.75) is 57.4 Å². The molecule has 0 radical (unpaired) electrons. The van der Waals surface area contributed by atoms with Crippen molar-refractivity contribution in [3.8, 4) is 0 Å². The molecule has 11 heteroatoms. The van der Waals surface area contributed by atoms with Gasteiger partial charge in [-0.15, -0.1) is 0 Å². The van der Waals surface area contributed by atoms with E-state index in [9.17, 15) is 9.59 Å². The van der Waals surface area contributed by atoms with E-state index in [0.717, 1.165) is 69.3 Å². The lowest BCUT2D eigenvalue weighted by molar-refractivity contribution is -0.132. The number of hydrogen-bond donors (Lipinski definition) is 2. The summed E-state index contributed by atoms with van der Waals surface area (Å²) in [6, 6.07) is 8.67. The fourth-order valence-corrected chi connectivity index (χ4v) is 6.22. The third-order valence-electron chi connectivity index (χ3n) is 8.06. The first kappa shape index (κ1) is 27.7. The number of imidazole rings is 1. The average Bonchev–Trinajstić information content (AvgIpc) is 3.42. The Morgan fingerprint density at radius 2 is 1.63 bits per heavy atom. The predicted molar refractivity (Wildman–Crippen MR) is 161 cm³/mol. The quantitative estimate of drug-likeness (QED) is 0.257. The van der Waals surface area contributed by atoms with Gasteiger partial charge in [-0.05, 0) is 75.3 Å². The number of amides is 2. The molecule has 4 heterocycles. The minimum Gasteiger partial charge on any atom is -0.359 e. The molecule has 1 atom stereocenters. The Labute approximate surface area is 248 Å². The molecule has 4 aromatic rings. The molecule has 41 heavy (non-hydrogen) atoms. The number of carbonyl (C=O) groups is 2. The monoisotopic (exact) mass is 593 g/mol. The maximum atomic E-state index is 13.2. The summed E-state index contributed by atoms with van der Waals surface area (Å²) in [5.41, 5.74) is 2.67. The van der Waals surface area contributed by atoms with E-state index >= 15 is 0 Å². The molecule has 1 unspecified atom stereocenters. The summed E-state index contributed by atoms with van der Waals surface area (Å²) in [6.07, 6.45) is 8.77. The summed E-state index contributed by atoms with van der Waals surface area (Å²) in [5.74, 6) is 1.32. The number of nitrogens with one attached hydrogen (secondary N) is 2. The van der Waals surface area contributed by atoms with Crippen LogP contribution in [-0.2, 0) is 4.79 Å². The number of piperidine rings is 2. The highest BCUT2D eigenvalue weighted by Crippen LogP contribution is 2.32. The van der Waals surface area contributed by atoms with Crippen molar-refractivity contribution < 1.29 is 9.59 Å². The van der Waals surface area contributed by atoms with Gasteiger partial charge in [-0.25, -0.2) is 15.0 Å². The van der Waals surface area contributed by atoms with Gasteiger partial charge in [0.2, 0.25) is 5.91 Å². The summed E-state index contributed by atoms with van der Waals surface area (Å²) in [6.45, 7) is 3.11. The molecule has 0 spiro atoms. The van der Waals surface area contributed by atoms with E-state index in [1.54, 1.807) is 18.2 Å². The number of nitrogens with zero attached hydrogens (tertiary/aromatic N) is 5. The number of carbonyl (C=O) groups excluding carboxylic acids is 2. The Balaban J connectivity index is 1.30. The van der Waals surface area contributed by atoms with Crippen LogP contribution < -0.4 is 5.32 Å². The second-order valence-corrected chi connectivity index (χ2v) is 11.7. The molecule has 0 aliphatic carbocycles. The van der Waals surface area contributed by atoms with Gasteiger partial charge in [0.25, 0.3) is 5.91 Å². The first-order chi connectivity index (χ1) is 20.0. The third kappa shape index (κ3) is 6.11. The smallest absolute Gasteiger partial charge is 0.255 e. The highest BCUT2D eigenvalue weighted by atomic mass is 35.5. The number of hydrogen-bond acceptors (Lipinski definition) is 6. The van der Waals surface area contributed by atoms with E-state index < -0.39 is 0 Å². The van der Waals surface area contributed by atoms with Crippen molar-refractivity contribution in [2.24, 2.45) is 0 Å². The van der Waals surface area contributed by atoms with Crippen molar-refractivity contribution in [3.05, 3.63) is 58.1 Å². The van der Waals surface area contributed by atoms with Crippen LogP contribution in [0.3, 0.4) is 0 Å². The van der Waals surface area contributed by atoms with Gasteiger partial charge >= 0.3 is 0 Å². The summed E-state index contributed by atoms with van der Waals surface area (Å²) >= 11 is 12.9. The Kier molecular flexibility index (Phi) is 8.25. The average molecular weight is 595 g/mol. The molecule has 214 valence electrons. The zero-order valence-corrected chi connectivity index (χ0v) is 24.3. The van der Waals surface area contributed by atoms with Crippen LogP contribution in [0.5, 0.6) is 0 Å². The highest BCUT2D eigenvalue weighted by Gasteiger charge is 2.25. The molecule has 6 rings (SSSR count). The minimum absolute atomic E-state index is 0.0697. The maximum absolute atomic E-state index is 13.2. The lowest BCUT2D eigenvalue weighted by Crippen LogP contribution is -2.35. The Morgan fingerprint density at radius 1 is 0.902 bits per heavy atom. The van der Waals surface area contributed by atoms with Gasteiger partial charge in [-0.3, -0.25) is 9.59 Å². The van der Waals surface area contributed by atoms with Gasteiger partial charge in [0, 0.05) is 43.0 Å². The second kappa shape index (κ2) is 12.2. The van der Waals surface area contributed by atoms with E-state index in [2.05, 4.69) is 20.3 Å². The fourth-order valence-electron chi connectivity index (χ4n) is 5.80. The molecule has 2 amide bonds. The summed E-state index contributed by atoms with van der Waals surface area (Å²) in [5, 5.41) is 5.18. The van der Waals surface area contributed by atoms with Crippen LogP contribution in [0.1, 0.15) is 73.6 Å². The first-order valence-electron chi connectivity index (χ1n) is 14.4. The van der Waals surface area contributed by atoms with Crippen molar-refractivity contribution in [3.63, 3.8) is 0 Å². The largest absolute Gasteiger partial charge is 0.359 e. The molecule has 2 N–H and O–H groups in total. The molecule has 2 aromatic heterocycles. The number of rotatable bonds is 7. The van der Waals surface area contributed by atoms with E-state index in [1.807, 2.05) is 21.9 Å². The normalized spacial score (nSPS) is 16.7. The number of benzene rings is 2. The van der Waals surface area contributed by atoms with Gasteiger partial charge in [-0.1, -0.05) is 23.2 Å². The highest BCUT2D eigenvalue weighted by molar-refractivity contribution is 6.35. The maximum Gasteiger partial charge on any atom is 0.255 e. The van der Waals surface area contributed by atoms with Crippen molar-refractivity contribution in [2.75, 3.05) is 31.5 Å². The fraction of sp³-hybridized carbons (Fsp3) is 0.433. The van der Waals surface area contributed by atoms with Crippen LogP contribution in [0.15, 0.2) is 36.7 Å². The van der Waals surface area contributed by atoms with E-state index in [0.29, 0.717) is 51.0 Å². The molecule has 2 aliphatic rings. The Morgan fingerprint density at radius 3 is 2.39 bits per heavy atom. The number of H-pyrrole nitrogens is 1. The van der Waals surface area contributed by atoms with Gasteiger partial charge in [0.15, 0.2) is 0 Å². The molecule has 0 bridgehead atoms. The second-order valence-electron chi connectivity index (χ2n) is 10.9. The molecule has 2 aromatic carbocycles. The lowest BCUT2D eigenvalue weighted by Gasteiger charge is -2.27. The van der Waals surface area contributed by atoms with Crippen molar-refractivity contribution in [1.29, 1.82) is 0 Å². The molecule has 0 saturated carbocycles. The van der Waals surface area contributed by atoms with Crippen LogP contribution >= 0.6 is 23.2 Å². The van der Waals surface area contributed by atoms with E-state index in [1.165, 1.54) is 12.7 Å². The van der Waals surface area contributed by atoms with Crippen LogP contribution in [-0.4, -0.2) is 67.7 Å². The van der Waals surface area contributed by atoms with Crippen LogP contribution in [0.2, 0.25) is 10.0 Å². The standard InChI is InChI=1S/C30H33Cl2N7O2/c31-19-7-8-23-26(15-19)37-29(35-23)24(9-10-27(40)38-11-3-1-4-12-38)36-28-21-16-22(32)20(17-25(21)33-18-34-28)30(41)39-13-5-2-6-14-39/h7-8,15-18,24H,1-6,9-14H2,(H,35,37)(H,33,34,36). The van der Waals surface area contributed by atoms with Crippen molar-refractivity contribution >= 4 is 62.8 Å². The van der Waals surface area contributed by atoms with Gasteiger partial charge < -0.3 is 20.1 Å². The van der Waals surface area contributed by atoms with Crippen LogP contribution in [0, 0.1) is 0 Å². The Hall–Kier alpha value is -3.43. The molecular formula is C30H33Cl2N7O2. The zero-order valence-electron chi connectivity index (χ0n) is 22.8. The SMILES string of the molecule is O=C(CCC(Nc1ncnc2cc(C(=O)N3CCCCC3)c(Cl)cc12)c1nc2ccc(Cl)cc2[nH]1)N1CCCCC1. The van der Waals surface area contributed by atoms with Crippen molar-refractivity contribution in [1.82, 2.24) is 29.7 Å². The zero-order chi connectivity index (χ0) is 28.3. The molecule has 2 aliphatic heterocycles. The summed E-state index contributed by atoms with van der Waals surface area (Å²) in [4.78, 5) is 47.3.